The molecule has 82 valence electrons. The Morgan fingerprint density at radius 2 is 2.00 bits per heavy atom. The summed E-state index contributed by atoms with van der Waals surface area (Å²) in [6, 6.07) is 8.23. The molecule has 1 heterocycles. The zero-order chi connectivity index (χ0) is 11.5. The normalized spacial score (nSPS) is 10.2. The number of hydrogen-bond acceptors (Lipinski definition) is 3. The summed E-state index contributed by atoms with van der Waals surface area (Å²) < 4.78 is 13.1. The molecule has 0 saturated carbocycles. The minimum atomic E-state index is -0.267. The largest absolute Gasteiger partial charge is 0.372 e. The van der Waals surface area contributed by atoms with E-state index in [0.29, 0.717) is 11.5 Å². The third-order valence-corrected chi connectivity index (χ3v) is 2.34. The van der Waals surface area contributed by atoms with Gasteiger partial charge in [-0.25, -0.2) is 4.39 Å². The van der Waals surface area contributed by atoms with Gasteiger partial charge in [-0.15, -0.1) is 10.2 Å². The van der Waals surface area contributed by atoms with Crippen molar-refractivity contribution in [1.29, 1.82) is 0 Å². The number of aryl methyl sites for hydroxylation is 1. The van der Waals surface area contributed by atoms with Crippen LogP contribution in [0.3, 0.4) is 0 Å². The maximum absolute atomic E-state index is 13.1. The molecule has 0 bridgehead atoms. The fraction of sp³-hybridized carbons (Fsp3) is 0.167. The van der Waals surface area contributed by atoms with Gasteiger partial charge >= 0.3 is 0 Å². The molecule has 0 aliphatic heterocycles. The van der Waals surface area contributed by atoms with E-state index in [4.69, 9.17) is 0 Å². The zero-order valence-electron chi connectivity index (χ0n) is 9.16. The summed E-state index contributed by atoms with van der Waals surface area (Å²) in [5, 5.41) is 11.0. The lowest BCUT2D eigenvalue weighted by Crippen LogP contribution is -1.98. The van der Waals surface area contributed by atoms with Gasteiger partial charge in [-0.3, -0.25) is 0 Å². The lowest BCUT2D eigenvalue weighted by atomic mass is 10.1. The highest BCUT2D eigenvalue weighted by molar-refractivity contribution is 5.63. The summed E-state index contributed by atoms with van der Waals surface area (Å²) in [5.74, 6) is 0.439. The Morgan fingerprint density at radius 1 is 1.19 bits per heavy atom. The molecule has 0 amide bonds. The van der Waals surface area contributed by atoms with E-state index in [-0.39, 0.29) is 5.82 Å². The molecule has 0 aliphatic carbocycles. The average molecular weight is 217 g/mol. The van der Waals surface area contributed by atoms with Crippen LogP contribution in [0.15, 0.2) is 30.3 Å². The van der Waals surface area contributed by atoms with Crippen LogP contribution in [0.25, 0.3) is 11.3 Å². The number of benzene rings is 1. The highest BCUT2D eigenvalue weighted by atomic mass is 19.1. The molecule has 2 rings (SSSR count). The van der Waals surface area contributed by atoms with E-state index in [1.165, 1.54) is 12.1 Å². The topological polar surface area (TPSA) is 37.8 Å². The first-order chi connectivity index (χ1) is 7.70. The van der Waals surface area contributed by atoms with Gasteiger partial charge in [-0.2, -0.15) is 0 Å². The first-order valence-electron chi connectivity index (χ1n) is 4.98. The average Bonchev–Trinajstić information content (AvgIpc) is 2.28. The molecule has 0 atom stereocenters. The lowest BCUT2D eigenvalue weighted by molar-refractivity contribution is 0.628. The maximum Gasteiger partial charge on any atom is 0.148 e. The number of hydrogen-bond donors (Lipinski definition) is 1. The molecule has 16 heavy (non-hydrogen) atoms. The predicted molar refractivity (Wildman–Crippen MR) is 61.7 cm³/mol. The fourth-order valence-electron chi connectivity index (χ4n) is 1.53. The van der Waals surface area contributed by atoms with Gasteiger partial charge in [0.25, 0.3) is 0 Å². The van der Waals surface area contributed by atoms with Crippen molar-refractivity contribution in [3.8, 4) is 11.3 Å². The SMILES string of the molecule is CNc1cc(C)c(-c2cccc(F)c2)nn1. The van der Waals surface area contributed by atoms with Crippen molar-refractivity contribution in [3.05, 3.63) is 41.7 Å². The molecule has 3 nitrogen and oxygen atoms in total. The fourth-order valence-corrected chi connectivity index (χ4v) is 1.53. The highest BCUT2D eigenvalue weighted by Crippen LogP contribution is 2.22. The van der Waals surface area contributed by atoms with Crippen molar-refractivity contribution in [2.45, 2.75) is 6.92 Å². The van der Waals surface area contributed by atoms with E-state index in [1.54, 1.807) is 13.1 Å². The summed E-state index contributed by atoms with van der Waals surface area (Å²) in [6.45, 7) is 1.93. The van der Waals surface area contributed by atoms with E-state index >= 15 is 0 Å². The highest BCUT2D eigenvalue weighted by Gasteiger charge is 2.06. The molecule has 0 spiro atoms. The molecule has 1 aromatic heterocycles. The molecule has 4 heteroatoms. The summed E-state index contributed by atoms with van der Waals surface area (Å²) in [7, 11) is 1.78. The Kier molecular flexibility index (Phi) is 2.81. The molecule has 1 aromatic carbocycles. The predicted octanol–water partition coefficient (Wildman–Crippen LogP) is 2.63. The molecule has 0 fully saturated rings. The van der Waals surface area contributed by atoms with E-state index < -0.39 is 0 Å². The Labute approximate surface area is 93.3 Å². The van der Waals surface area contributed by atoms with Crippen LogP contribution in [0.5, 0.6) is 0 Å². The molecule has 0 aliphatic rings. The summed E-state index contributed by atoms with van der Waals surface area (Å²) in [4.78, 5) is 0. The van der Waals surface area contributed by atoms with Gasteiger partial charge in [0.1, 0.15) is 11.6 Å². The van der Waals surface area contributed by atoms with Crippen molar-refractivity contribution < 1.29 is 4.39 Å². The molecule has 0 unspecified atom stereocenters. The van der Waals surface area contributed by atoms with Crippen molar-refractivity contribution in [2.75, 3.05) is 12.4 Å². The first kappa shape index (κ1) is 10.5. The molecule has 2 aromatic rings. The molecule has 1 N–H and O–H groups in total. The minimum Gasteiger partial charge on any atom is -0.372 e. The van der Waals surface area contributed by atoms with Crippen LogP contribution in [-0.4, -0.2) is 17.2 Å². The van der Waals surface area contributed by atoms with Gasteiger partial charge in [0.2, 0.25) is 0 Å². The maximum atomic E-state index is 13.1. The second-order valence-corrected chi connectivity index (χ2v) is 3.52. The monoisotopic (exact) mass is 217 g/mol. The van der Waals surface area contributed by atoms with Crippen molar-refractivity contribution in [2.24, 2.45) is 0 Å². The molecule has 0 radical (unpaired) electrons. The van der Waals surface area contributed by atoms with Crippen molar-refractivity contribution in [1.82, 2.24) is 10.2 Å². The van der Waals surface area contributed by atoms with Gasteiger partial charge in [-0.05, 0) is 30.7 Å². The van der Waals surface area contributed by atoms with E-state index in [0.717, 1.165) is 11.1 Å². The second-order valence-electron chi connectivity index (χ2n) is 3.52. The summed E-state index contributed by atoms with van der Waals surface area (Å²) in [5.41, 5.74) is 2.41. The number of aromatic nitrogens is 2. The Balaban J connectivity index is 2.48. The van der Waals surface area contributed by atoms with Crippen LogP contribution >= 0.6 is 0 Å². The molecule has 0 saturated heterocycles. The second kappa shape index (κ2) is 4.26. The van der Waals surface area contributed by atoms with Gasteiger partial charge < -0.3 is 5.32 Å². The summed E-state index contributed by atoms with van der Waals surface area (Å²) >= 11 is 0. The lowest BCUT2D eigenvalue weighted by Gasteiger charge is -2.06. The molecular weight excluding hydrogens is 205 g/mol. The standard InChI is InChI=1S/C12H12FN3/c1-8-6-11(14-2)15-16-12(8)9-4-3-5-10(13)7-9/h3-7H,1-2H3,(H,14,15). The summed E-state index contributed by atoms with van der Waals surface area (Å²) in [6.07, 6.45) is 0. The van der Waals surface area contributed by atoms with Crippen molar-refractivity contribution in [3.63, 3.8) is 0 Å². The van der Waals surface area contributed by atoms with E-state index in [2.05, 4.69) is 15.5 Å². The van der Waals surface area contributed by atoms with E-state index in [1.807, 2.05) is 19.1 Å². The van der Waals surface area contributed by atoms with Gasteiger partial charge in [0, 0.05) is 12.6 Å². The van der Waals surface area contributed by atoms with Crippen LogP contribution in [0.2, 0.25) is 0 Å². The molecular formula is C12H12FN3. The Hall–Kier alpha value is -1.97. The first-order valence-corrected chi connectivity index (χ1v) is 4.98. The minimum absolute atomic E-state index is 0.267. The van der Waals surface area contributed by atoms with Gasteiger partial charge in [-0.1, -0.05) is 12.1 Å². The number of nitrogens with zero attached hydrogens (tertiary/aromatic N) is 2. The van der Waals surface area contributed by atoms with Crippen LogP contribution in [0.1, 0.15) is 5.56 Å². The van der Waals surface area contributed by atoms with Crippen LogP contribution in [0.4, 0.5) is 10.2 Å². The van der Waals surface area contributed by atoms with Crippen LogP contribution in [-0.2, 0) is 0 Å². The van der Waals surface area contributed by atoms with Gasteiger partial charge in [0.15, 0.2) is 0 Å². The Bertz CT molecular complexity index is 511. The quantitative estimate of drug-likeness (QED) is 0.840. The van der Waals surface area contributed by atoms with E-state index in [9.17, 15) is 4.39 Å². The third-order valence-electron chi connectivity index (χ3n) is 2.34. The number of anilines is 1. The Morgan fingerprint density at radius 3 is 2.62 bits per heavy atom. The van der Waals surface area contributed by atoms with Crippen LogP contribution in [0, 0.1) is 12.7 Å². The third kappa shape index (κ3) is 2.00. The number of nitrogens with one attached hydrogen (secondary N) is 1. The van der Waals surface area contributed by atoms with Crippen LogP contribution < -0.4 is 5.32 Å². The zero-order valence-corrected chi connectivity index (χ0v) is 9.16. The number of rotatable bonds is 2. The number of halogens is 1. The van der Waals surface area contributed by atoms with Crippen molar-refractivity contribution >= 4 is 5.82 Å². The van der Waals surface area contributed by atoms with Gasteiger partial charge in [0.05, 0.1) is 5.69 Å². The smallest absolute Gasteiger partial charge is 0.148 e.